The lowest BCUT2D eigenvalue weighted by Crippen LogP contribution is -2.56. The van der Waals surface area contributed by atoms with Crippen molar-refractivity contribution in [2.75, 3.05) is 13.6 Å². The molecule has 0 spiro atoms. The highest BCUT2D eigenvalue weighted by atomic mass is 16.2. The molecule has 0 saturated carbocycles. The van der Waals surface area contributed by atoms with Crippen LogP contribution in [0.5, 0.6) is 0 Å². The fraction of sp³-hybridized carbons (Fsp3) is 0.588. The molecule has 1 aromatic heterocycles. The maximum atomic E-state index is 13.1. The first-order valence-corrected chi connectivity index (χ1v) is 9.08. The van der Waals surface area contributed by atoms with E-state index in [0.717, 1.165) is 6.42 Å². The maximum Gasteiger partial charge on any atom is 0.246 e. The van der Waals surface area contributed by atoms with E-state index >= 15 is 0 Å². The summed E-state index contributed by atoms with van der Waals surface area (Å²) in [5.74, 6) is -1.09. The van der Waals surface area contributed by atoms with Gasteiger partial charge in [-0.15, -0.1) is 0 Å². The molecule has 146 valence electrons. The van der Waals surface area contributed by atoms with E-state index in [1.165, 1.54) is 18.3 Å². The normalized spacial score (nSPS) is 23.0. The molecule has 2 aliphatic rings. The molecule has 1 aromatic rings. The summed E-state index contributed by atoms with van der Waals surface area (Å²) in [6, 6.07) is -2.02. The molecule has 3 atom stereocenters. The van der Waals surface area contributed by atoms with Gasteiger partial charge >= 0.3 is 0 Å². The molecule has 0 aromatic carbocycles. The number of likely N-dealkylation sites (N-methyl/N-ethyl adjacent to an activating group) is 1. The Kier molecular flexibility index (Phi) is 5.72. The van der Waals surface area contributed by atoms with Crippen molar-refractivity contribution in [2.45, 2.75) is 50.2 Å². The van der Waals surface area contributed by atoms with Crippen LogP contribution in [-0.4, -0.2) is 70.2 Å². The SMILES string of the molecule is CNC(=O)[C@@H]1CCCN1C(=O)[C@H](Cc1cnc[nH]1)NC(=O)[C@@H]1CCC(=O)N1. The Morgan fingerprint density at radius 2 is 2.15 bits per heavy atom. The summed E-state index contributed by atoms with van der Waals surface area (Å²) in [6.07, 6.45) is 5.33. The van der Waals surface area contributed by atoms with Crippen molar-refractivity contribution in [1.82, 2.24) is 30.8 Å². The van der Waals surface area contributed by atoms with Crippen LogP contribution in [0, 0.1) is 0 Å². The third-order valence-corrected chi connectivity index (χ3v) is 4.99. The number of imidazole rings is 1. The number of rotatable bonds is 6. The fourth-order valence-electron chi connectivity index (χ4n) is 3.57. The minimum absolute atomic E-state index is 0.175. The van der Waals surface area contributed by atoms with Gasteiger partial charge < -0.3 is 25.8 Å². The van der Waals surface area contributed by atoms with Gasteiger partial charge in [-0.3, -0.25) is 19.2 Å². The monoisotopic (exact) mass is 376 g/mol. The zero-order valence-electron chi connectivity index (χ0n) is 15.2. The van der Waals surface area contributed by atoms with Gasteiger partial charge in [-0.05, 0) is 19.3 Å². The Labute approximate surface area is 156 Å². The molecule has 0 bridgehead atoms. The van der Waals surface area contributed by atoms with E-state index in [9.17, 15) is 19.2 Å². The van der Waals surface area contributed by atoms with E-state index < -0.39 is 24.0 Å². The average Bonchev–Trinajstić information content (AvgIpc) is 3.41. The highest BCUT2D eigenvalue weighted by molar-refractivity contribution is 5.95. The van der Waals surface area contributed by atoms with Gasteiger partial charge in [0.1, 0.15) is 18.1 Å². The highest BCUT2D eigenvalue weighted by Gasteiger charge is 2.38. The predicted molar refractivity (Wildman–Crippen MR) is 94.2 cm³/mol. The van der Waals surface area contributed by atoms with E-state index in [2.05, 4.69) is 25.9 Å². The Morgan fingerprint density at radius 1 is 1.33 bits per heavy atom. The van der Waals surface area contributed by atoms with Gasteiger partial charge in [0.25, 0.3) is 0 Å². The van der Waals surface area contributed by atoms with Crippen LogP contribution in [0.25, 0.3) is 0 Å². The minimum atomic E-state index is -0.847. The number of likely N-dealkylation sites (tertiary alicyclic amines) is 1. The van der Waals surface area contributed by atoms with Gasteiger partial charge in [0.05, 0.1) is 6.33 Å². The summed E-state index contributed by atoms with van der Waals surface area (Å²) in [6.45, 7) is 0.465. The predicted octanol–water partition coefficient (Wildman–Crippen LogP) is -1.55. The second-order valence-corrected chi connectivity index (χ2v) is 6.80. The lowest BCUT2D eigenvalue weighted by molar-refractivity contribution is -0.141. The molecular formula is C17H24N6O4. The average molecular weight is 376 g/mol. The zero-order chi connectivity index (χ0) is 19.4. The first-order chi connectivity index (χ1) is 13.0. The van der Waals surface area contributed by atoms with E-state index in [4.69, 9.17) is 0 Å². The third kappa shape index (κ3) is 4.26. The summed E-state index contributed by atoms with van der Waals surface area (Å²) in [5.41, 5.74) is 0.694. The van der Waals surface area contributed by atoms with Crippen LogP contribution in [0.15, 0.2) is 12.5 Å². The van der Waals surface area contributed by atoms with Crippen LogP contribution in [0.4, 0.5) is 0 Å². The summed E-state index contributed by atoms with van der Waals surface area (Å²) in [7, 11) is 1.54. The summed E-state index contributed by atoms with van der Waals surface area (Å²) in [4.78, 5) is 57.5. The van der Waals surface area contributed by atoms with Crippen molar-refractivity contribution in [3.05, 3.63) is 18.2 Å². The summed E-state index contributed by atoms with van der Waals surface area (Å²) >= 11 is 0. The summed E-state index contributed by atoms with van der Waals surface area (Å²) < 4.78 is 0. The van der Waals surface area contributed by atoms with Crippen LogP contribution in [-0.2, 0) is 25.6 Å². The zero-order valence-corrected chi connectivity index (χ0v) is 15.2. The second-order valence-electron chi connectivity index (χ2n) is 6.80. The van der Waals surface area contributed by atoms with Crippen LogP contribution in [0.1, 0.15) is 31.4 Å². The number of aromatic amines is 1. The van der Waals surface area contributed by atoms with Gasteiger partial charge in [0.2, 0.25) is 23.6 Å². The fourth-order valence-corrected chi connectivity index (χ4v) is 3.57. The van der Waals surface area contributed by atoms with Crippen molar-refractivity contribution in [3.8, 4) is 0 Å². The lowest BCUT2D eigenvalue weighted by Gasteiger charge is -2.28. The Hall–Kier alpha value is -2.91. The van der Waals surface area contributed by atoms with E-state index in [-0.39, 0.29) is 24.1 Å². The van der Waals surface area contributed by atoms with Gasteiger partial charge in [-0.25, -0.2) is 4.98 Å². The van der Waals surface area contributed by atoms with Crippen molar-refractivity contribution >= 4 is 23.6 Å². The number of H-pyrrole nitrogens is 1. The Balaban J connectivity index is 1.74. The Bertz CT molecular complexity index is 719. The number of hydrogen-bond acceptors (Lipinski definition) is 5. The quantitative estimate of drug-likeness (QED) is 0.477. The van der Waals surface area contributed by atoms with Crippen LogP contribution >= 0.6 is 0 Å². The molecule has 3 rings (SSSR count). The molecular weight excluding hydrogens is 352 g/mol. The molecule has 2 fully saturated rings. The van der Waals surface area contributed by atoms with Crippen LogP contribution in [0.3, 0.4) is 0 Å². The molecule has 0 unspecified atom stereocenters. The molecule has 0 aliphatic carbocycles. The number of nitrogens with one attached hydrogen (secondary N) is 4. The van der Waals surface area contributed by atoms with Gasteiger partial charge in [-0.1, -0.05) is 0 Å². The molecule has 4 amide bonds. The molecule has 10 heteroatoms. The van der Waals surface area contributed by atoms with E-state index in [1.807, 2.05) is 0 Å². The van der Waals surface area contributed by atoms with Crippen molar-refractivity contribution in [1.29, 1.82) is 0 Å². The minimum Gasteiger partial charge on any atom is -0.357 e. The lowest BCUT2D eigenvalue weighted by atomic mass is 10.1. The molecule has 3 heterocycles. The standard InChI is InChI=1S/C17H24N6O4/c1-18-16(26)13-3-2-6-23(13)17(27)12(7-10-8-19-9-20-10)22-15(25)11-4-5-14(24)21-11/h8-9,11-13H,2-7H2,1H3,(H,18,26)(H,19,20)(H,21,24)(H,22,25)/t11-,12-,13-/m0/s1. The first-order valence-electron chi connectivity index (χ1n) is 9.08. The number of carbonyl (C=O) groups excluding carboxylic acids is 4. The van der Waals surface area contributed by atoms with Crippen LogP contribution in [0.2, 0.25) is 0 Å². The first kappa shape index (κ1) is 18.9. The van der Waals surface area contributed by atoms with Crippen molar-refractivity contribution in [3.63, 3.8) is 0 Å². The third-order valence-electron chi connectivity index (χ3n) is 4.99. The molecule has 2 aliphatic heterocycles. The number of hydrogen-bond donors (Lipinski definition) is 4. The number of amides is 4. The van der Waals surface area contributed by atoms with Gasteiger partial charge in [-0.2, -0.15) is 0 Å². The number of nitrogens with zero attached hydrogens (tertiary/aromatic N) is 2. The van der Waals surface area contributed by atoms with Crippen LogP contribution < -0.4 is 16.0 Å². The Morgan fingerprint density at radius 3 is 2.78 bits per heavy atom. The molecule has 2 saturated heterocycles. The van der Waals surface area contributed by atoms with Crippen molar-refractivity contribution < 1.29 is 19.2 Å². The van der Waals surface area contributed by atoms with Crippen molar-refractivity contribution in [2.24, 2.45) is 0 Å². The largest absolute Gasteiger partial charge is 0.357 e. The second kappa shape index (κ2) is 8.19. The number of carbonyl (C=O) groups is 4. The van der Waals surface area contributed by atoms with E-state index in [0.29, 0.717) is 31.5 Å². The molecule has 0 radical (unpaired) electrons. The number of aromatic nitrogens is 2. The molecule has 10 nitrogen and oxygen atoms in total. The summed E-state index contributed by atoms with van der Waals surface area (Å²) in [5, 5.41) is 7.93. The van der Waals surface area contributed by atoms with Gasteiger partial charge in [0.15, 0.2) is 0 Å². The smallest absolute Gasteiger partial charge is 0.246 e. The maximum absolute atomic E-state index is 13.1. The molecule has 27 heavy (non-hydrogen) atoms. The molecule has 4 N–H and O–H groups in total. The van der Waals surface area contributed by atoms with Gasteiger partial charge in [0, 0.05) is 38.3 Å². The van der Waals surface area contributed by atoms with E-state index in [1.54, 1.807) is 6.20 Å². The highest BCUT2D eigenvalue weighted by Crippen LogP contribution is 2.19. The topological polar surface area (TPSA) is 136 Å².